The van der Waals surface area contributed by atoms with Crippen molar-refractivity contribution in [1.29, 1.82) is 0 Å². The van der Waals surface area contributed by atoms with E-state index in [0.717, 1.165) is 0 Å². The number of carbonyl (C=O) groups is 1. The van der Waals surface area contributed by atoms with Crippen molar-refractivity contribution in [1.82, 2.24) is 5.32 Å². The number of nitrogens with one attached hydrogen (secondary N) is 1. The van der Waals surface area contributed by atoms with E-state index >= 15 is 0 Å². The van der Waals surface area contributed by atoms with Crippen LogP contribution in [0.3, 0.4) is 0 Å². The first-order valence-electron chi connectivity index (χ1n) is 6.12. The van der Waals surface area contributed by atoms with Gasteiger partial charge in [-0.05, 0) is 37.0 Å². The molecule has 1 unspecified atom stereocenters. The van der Waals surface area contributed by atoms with E-state index in [-0.39, 0.29) is 11.0 Å². The SMILES string of the molecule is CC(O)CC(C)(C)CNC(=O)c1ccc(Br)cc1F. The van der Waals surface area contributed by atoms with Gasteiger partial charge in [0.25, 0.3) is 5.91 Å². The molecule has 106 valence electrons. The fourth-order valence-electron chi connectivity index (χ4n) is 1.96. The molecule has 0 spiro atoms. The molecule has 3 nitrogen and oxygen atoms in total. The Hall–Kier alpha value is -0.940. The van der Waals surface area contributed by atoms with Crippen molar-refractivity contribution >= 4 is 21.8 Å². The molecular formula is C14H19BrFNO2. The van der Waals surface area contributed by atoms with Gasteiger partial charge in [0.15, 0.2) is 0 Å². The molecule has 0 fully saturated rings. The van der Waals surface area contributed by atoms with E-state index in [9.17, 15) is 14.3 Å². The van der Waals surface area contributed by atoms with Crippen molar-refractivity contribution in [3.8, 4) is 0 Å². The molecule has 19 heavy (non-hydrogen) atoms. The zero-order valence-electron chi connectivity index (χ0n) is 11.3. The Morgan fingerprint density at radius 2 is 2.16 bits per heavy atom. The summed E-state index contributed by atoms with van der Waals surface area (Å²) in [4.78, 5) is 11.9. The maximum absolute atomic E-state index is 13.6. The predicted octanol–water partition coefficient (Wildman–Crippen LogP) is 3.12. The van der Waals surface area contributed by atoms with Crippen LogP contribution in [0, 0.1) is 11.2 Å². The molecule has 0 bridgehead atoms. The number of rotatable bonds is 5. The van der Waals surface area contributed by atoms with Crippen LogP contribution in [0.5, 0.6) is 0 Å². The van der Waals surface area contributed by atoms with E-state index in [0.29, 0.717) is 17.4 Å². The third-order valence-corrected chi connectivity index (χ3v) is 3.24. The topological polar surface area (TPSA) is 49.3 Å². The molecule has 0 radical (unpaired) electrons. The Bertz CT molecular complexity index is 461. The highest BCUT2D eigenvalue weighted by Crippen LogP contribution is 2.21. The molecule has 0 aliphatic heterocycles. The standard InChI is InChI=1S/C14H19BrFNO2/c1-9(18)7-14(2,3)8-17-13(19)11-5-4-10(15)6-12(11)16/h4-6,9,18H,7-8H2,1-3H3,(H,17,19). The first kappa shape index (κ1) is 16.1. The van der Waals surface area contributed by atoms with E-state index in [2.05, 4.69) is 21.2 Å². The average molecular weight is 332 g/mol. The van der Waals surface area contributed by atoms with E-state index in [1.54, 1.807) is 13.0 Å². The summed E-state index contributed by atoms with van der Waals surface area (Å²) in [6.07, 6.45) is 0.132. The first-order chi connectivity index (χ1) is 8.71. The number of hydrogen-bond donors (Lipinski definition) is 2. The maximum atomic E-state index is 13.6. The summed E-state index contributed by atoms with van der Waals surface area (Å²) in [7, 11) is 0. The highest BCUT2D eigenvalue weighted by molar-refractivity contribution is 9.10. The summed E-state index contributed by atoms with van der Waals surface area (Å²) in [5.41, 5.74) is -0.216. The fraction of sp³-hybridized carbons (Fsp3) is 0.500. The molecule has 0 saturated carbocycles. The smallest absolute Gasteiger partial charge is 0.254 e. The Morgan fingerprint density at radius 3 is 2.68 bits per heavy atom. The molecule has 0 saturated heterocycles. The van der Waals surface area contributed by atoms with E-state index in [1.165, 1.54) is 12.1 Å². The van der Waals surface area contributed by atoms with Crippen molar-refractivity contribution in [2.24, 2.45) is 5.41 Å². The van der Waals surface area contributed by atoms with Crippen LogP contribution >= 0.6 is 15.9 Å². The van der Waals surface area contributed by atoms with Crippen LogP contribution in [0.15, 0.2) is 22.7 Å². The molecule has 0 aromatic heterocycles. The summed E-state index contributed by atoms with van der Waals surface area (Å²) in [6.45, 7) is 5.97. The quantitative estimate of drug-likeness (QED) is 0.870. The van der Waals surface area contributed by atoms with Crippen LogP contribution in [0.4, 0.5) is 4.39 Å². The van der Waals surface area contributed by atoms with Gasteiger partial charge >= 0.3 is 0 Å². The number of hydrogen-bond acceptors (Lipinski definition) is 2. The van der Waals surface area contributed by atoms with Gasteiger partial charge in [-0.25, -0.2) is 4.39 Å². The molecule has 0 aliphatic rings. The molecule has 1 atom stereocenters. The molecule has 1 aromatic rings. The van der Waals surface area contributed by atoms with E-state index < -0.39 is 17.8 Å². The molecular weight excluding hydrogens is 313 g/mol. The zero-order chi connectivity index (χ0) is 14.6. The highest BCUT2D eigenvalue weighted by atomic mass is 79.9. The van der Waals surface area contributed by atoms with Crippen LogP contribution < -0.4 is 5.32 Å². The number of carbonyl (C=O) groups excluding carboxylic acids is 1. The van der Waals surface area contributed by atoms with Crippen LogP contribution in [0.1, 0.15) is 37.6 Å². The lowest BCUT2D eigenvalue weighted by Gasteiger charge is -2.26. The minimum Gasteiger partial charge on any atom is -0.393 e. The molecule has 1 rings (SSSR count). The number of halogens is 2. The van der Waals surface area contributed by atoms with Crippen LogP contribution in [-0.4, -0.2) is 23.7 Å². The predicted molar refractivity (Wildman–Crippen MR) is 76.5 cm³/mol. The highest BCUT2D eigenvalue weighted by Gasteiger charge is 2.22. The molecule has 5 heteroatoms. The molecule has 0 heterocycles. The van der Waals surface area contributed by atoms with E-state index in [1.807, 2.05) is 13.8 Å². The van der Waals surface area contributed by atoms with Gasteiger partial charge in [-0.3, -0.25) is 4.79 Å². The number of aliphatic hydroxyl groups excluding tert-OH is 1. The van der Waals surface area contributed by atoms with Crippen molar-refractivity contribution in [2.45, 2.75) is 33.3 Å². The lowest BCUT2D eigenvalue weighted by atomic mass is 9.87. The zero-order valence-corrected chi connectivity index (χ0v) is 12.9. The van der Waals surface area contributed by atoms with Gasteiger partial charge in [-0.15, -0.1) is 0 Å². The Labute approximate surface area is 121 Å². The van der Waals surface area contributed by atoms with Gasteiger partial charge in [-0.1, -0.05) is 29.8 Å². The third-order valence-electron chi connectivity index (χ3n) is 2.75. The Morgan fingerprint density at radius 1 is 1.53 bits per heavy atom. The lowest BCUT2D eigenvalue weighted by molar-refractivity contribution is 0.0898. The number of aliphatic hydroxyl groups is 1. The molecule has 0 aliphatic carbocycles. The fourth-order valence-corrected chi connectivity index (χ4v) is 2.29. The molecule has 2 N–H and O–H groups in total. The van der Waals surface area contributed by atoms with Gasteiger partial charge in [0.05, 0.1) is 11.7 Å². The second kappa shape index (κ2) is 6.48. The van der Waals surface area contributed by atoms with Crippen molar-refractivity contribution in [3.05, 3.63) is 34.1 Å². The first-order valence-corrected chi connectivity index (χ1v) is 6.92. The largest absolute Gasteiger partial charge is 0.393 e. The molecule has 1 amide bonds. The summed E-state index contributed by atoms with van der Waals surface area (Å²) < 4.78 is 14.2. The van der Waals surface area contributed by atoms with Crippen molar-refractivity contribution in [3.63, 3.8) is 0 Å². The van der Waals surface area contributed by atoms with Gasteiger partial charge in [-0.2, -0.15) is 0 Å². The summed E-state index contributed by atoms with van der Waals surface area (Å²) in [5, 5.41) is 12.1. The van der Waals surface area contributed by atoms with Crippen molar-refractivity contribution in [2.75, 3.05) is 6.54 Å². The summed E-state index contributed by atoms with van der Waals surface area (Å²) in [5.74, 6) is -0.996. The maximum Gasteiger partial charge on any atom is 0.254 e. The lowest BCUT2D eigenvalue weighted by Crippen LogP contribution is -2.36. The normalized spacial score (nSPS) is 13.2. The minimum absolute atomic E-state index is 0.0241. The molecule has 1 aromatic carbocycles. The number of amides is 1. The van der Waals surface area contributed by atoms with Gasteiger partial charge in [0.1, 0.15) is 5.82 Å². The van der Waals surface area contributed by atoms with Crippen LogP contribution in [0.25, 0.3) is 0 Å². The van der Waals surface area contributed by atoms with Gasteiger partial charge < -0.3 is 10.4 Å². The summed E-state index contributed by atoms with van der Waals surface area (Å²) >= 11 is 3.14. The second-order valence-corrected chi connectivity index (χ2v) is 6.44. The van der Waals surface area contributed by atoms with Crippen molar-refractivity contribution < 1.29 is 14.3 Å². The third kappa shape index (κ3) is 5.28. The van der Waals surface area contributed by atoms with Crippen LogP contribution in [-0.2, 0) is 0 Å². The monoisotopic (exact) mass is 331 g/mol. The van der Waals surface area contributed by atoms with Crippen LogP contribution in [0.2, 0.25) is 0 Å². The Balaban J connectivity index is 2.65. The van der Waals surface area contributed by atoms with E-state index in [4.69, 9.17) is 0 Å². The van der Waals surface area contributed by atoms with Gasteiger partial charge in [0, 0.05) is 11.0 Å². The summed E-state index contributed by atoms with van der Waals surface area (Å²) in [6, 6.07) is 4.32. The second-order valence-electron chi connectivity index (χ2n) is 5.52. The number of benzene rings is 1. The average Bonchev–Trinajstić information content (AvgIpc) is 2.24. The Kier molecular flexibility index (Phi) is 5.50. The minimum atomic E-state index is -0.555. The van der Waals surface area contributed by atoms with Gasteiger partial charge in [0.2, 0.25) is 0 Å².